The van der Waals surface area contributed by atoms with Crippen molar-refractivity contribution in [3.63, 3.8) is 0 Å². The Bertz CT molecular complexity index is 552. The highest BCUT2D eigenvalue weighted by Gasteiger charge is 2.13. The quantitative estimate of drug-likeness (QED) is 0.788. The molecule has 0 heterocycles. The van der Waals surface area contributed by atoms with E-state index in [0.717, 1.165) is 29.9 Å². The molecule has 0 bridgehead atoms. The van der Waals surface area contributed by atoms with Crippen molar-refractivity contribution in [2.45, 2.75) is 25.8 Å². The van der Waals surface area contributed by atoms with E-state index in [1.807, 2.05) is 31.2 Å². The third kappa shape index (κ3) is 4.23. The molecule has 0 saturated carbocycles. The molecule has 0 saturated heterocycles. The molecular formula is C18H23NO2. The smallest absolute Gasteiger partial charge is 0.127 e. The lowest BCUT2D eigenvalue weighted by atomic mass is 10.1. The third-order valence-electron chi connectivity index (χ3n) is 3.41. The van der Waals surface area contributed by atoms with Crippen molar-refractivity contribution in [1.29, 1.82) is 0 Å². The van der Waals surface area contributed by atoms with Gasteiger partial charge in [0.2, 0.25) is 0 Å². The van der Waals surface area contributed by atoms with Crippen molar-refractivity contribution in [1.82, 2.24) is 0 Å². The monoisotopic (exact) mass is 285 g/mol. The van der Waals surface area contributed by atoms with Crippen LogP contribution in [0.3, 0.4) is 0 Å². The Morgan fingerprint density at radius 1 is 1.00 bits per heavy atom. The molecule has 21 heavy (non-hydrogen) atoms. The Morgan fingerprint density at radius 3 is 2.38 bits per heavy atom. The Kier molecular flexibility index (Phi) is 5.64. The minimum Gasteiger partial charge on any atom is -0.496 e. The molecule has 2 rings (SSSR count). The van der Waals surface area contributed by atoms with Crippen molar-refractivity contribution in [3.05, 3.63) is 59.7 Å². The van der Waals surface area contributed by atoms with Crippen molar-refractivity contribution >= 4 is 0 Å². The summed E-state index contributed by atoms with van der Waals surface area (Å²) in [5, 5.41) is 0. The maximum absolute atomic E-state index is 6.03. The van der Waals surface area contributed by atoms with Crippen molar-refractivity contribution in [3.8, 4) is 11.5 Å². The van der Waals surface area contributed by atoms with Gasteiger partial charge in [0, 0.05) is 6.04 Å². The highest BCUT2D eigenvalue weighted by Crippen LogP contribution is 2.32. The Morgan fingerprint density at radius 2 is 1.71 bits per heavy atom. The number of nitrogens with two attached hydrogens (primary N) is 1. The van der Waals surface area contributed by atoms with Gasteiger partial charge in [-0.2, -0.15) is 0 Å². The minimum absolute atomic E-state index is 0.120. The zero-order valence-corrected chi connectivity index (χ0v) is 12.7. The Balaban J connectivity index is 1.94. The van der Waals surface area contributed by atoms with E-state index in [1.165, 1.54) is 5.56 Å². The number of aryl methyl sites for hydroxylation is 1. The minimum atomic E-state index is -0.120. The fraction of sp³-hybridized carbons (Fsp3) is 0.333. The Labute approximate surface area is 126 Å². The number of hydrogen-bond acceptors (Lipinski definition) is 3. The van der Waals surface area contributed by atoms with Gasteiger partial charge >= 0.3 is 0 Å². The fourth-order valence-corrected chi connectivity index (χ4v) is 2.38. The molecule has 0 aliphatic rings. The average molecular weight is 285 g/mol. The first-order valence-electron chi connectivity index (χ1n) is 7.31. The maximum Gasteiger partial charge on any atom is 0.127 e. The predicted octanol–water partition coefficient (Wildman–Crippen LogP) is 3.73. The van der Waals surface area contributed by atoms with Gasteiger partial charge in [-0.15, -0.1) is 0 Å². The first-order valence-corrected chi connectivity index (χ1v) is 7.31. The molecule has 0 aliphatic heterocycles. The van der Waals surface area contributed by atoms with E-state index in [2.05, 4.69) is 24.3 Å². The summed E-state index contributed by atoms with van der Waals surface area (Å²) < 4.78 is 11.3. The van der Waals surface area contributed by atoms with Crippen LogP contribution in [0.1, 0.15) is 30.5 Å². The SMILES string of the molecule is COc1cccc(OCCCc2ccccc2)c1[C@H](C)N. The predicted molar refractivity (Wildman–Crippen MR) is 85.9 cm³/mol. The summed E-state index contributed by atoms with van der Waals surface area (Å²) in [4.78, 5) is 0. The van der Waals surface area contributed by atoms with E-state index in [9.17, 15) is 0 Å². The summed E-state index contributed by atoms with van der Waals surface area (Å²) in [5.74, 6) is 1.60. The molecule has 1 atom stereocenters. The van der Waals surface area contributed by atoms with Crippen molar-refractivity contribution in [2.75, 3.05) is 13.7 Å². The first-order chi connectivity index (χ1) is 10.2. The normalized spacial score (nSPS) is 12.0. The van der Waals surface area contributed by atoms with Crippen LogP contribution in [-0.2, 0) is 6.42 Å². The molecular weight excluding hydrogens is 262 g/mol. The third-order valence-corrected chi connectivity index (χ3v) is 3.41. The van der Waals surface area contributed by atoms with Crippen molar-refractivity contribution in [2.24, 2.45) is 5.73 Å². The van der Waals surface area contributed by atoms with Gasteiger partial charge in [0.15, 0.2) is 0 Å². The summed E-state index contributed by atoms with van der Waals surface area (Å²) in [6.07, 6.45) is 1.98. The van der Waals surface area contributed by atoms with Crippen molar-refractivity contribution < 1.29 is 9.47 Å². The summed E-state index contributed by atoms with van der Waals surface area (Å²) >= 11 is 0. The van der Waals surface area contributed by atoms with Gasteiger partial charge in [0.1, 0.15) is 11.5 Å². The molecule has 2 aromatic carbocycles. The molecule has 0 amide bonds. The molecule has 112 valence electrons. The highest BCUT2D eigenvalue weighted by atomic mass is 16.5. The molecule has 2 N–H and O–H groups in total. The second-order valence-electron chi connectivity index (χ2n) is 5.10. The van der Waals surface area contributed by atoms with Crippen LogP contribution in [0.5, 0.6) is 11.5 Å². The fourth-order valence-electron chi connectivity index (χ4n) is 2.38. The lowest BCUT2D eigenvalue weighted by molar-refractivity contribution is 0.302. The molecule has 0 fully saturated rings. The summed E-state index contributed by atoms with van der Waals surface area (Å²) in [6, 6.07) is 16.1. The van der Waals surface area contributed by atoms with Crippen LogP contribution in [0.4, 0.5) is 0 Å². The highest BCUT2D eigenvalue weighted by molar-refractivity contribution is 5.46. The van der Waals surface area contributed by atoms with Gasteiger partial charge in [-0.1, -0.05) is 36.4 Å². The zero-order chi connectivity index (χ0) is 15.1. The molecule has 0 unspecified atom stereocenters. The van der Waals surface area contributed by atoms with Crippen LogP contribution in [0.2, 0.25) is 0 Å². The van der Waals surface area contributed by atoms with Gasteiger partial charge in [0.25, 0.3) is 0 Å². The van der Waals surface area contributed by atoms with E-state index in [1.54, 1.807) is 7.11 Å². The first kappa shape index (κ1) is 15.4. The van der Waals surface area contributed by atoms with Gasteiger partial charge in [-0.3, -0.25) is 0 Å². The average Bonchev–Trinajstić information content (AvgIpc) is 2.52. The second-order valence-corrected chi connectivity index (χ2v) is 5.10. The van der Waals surface area contributed by atoms with Gasteiger partial charge in [-0.25, -0.2) is 0 Å². The number of rotatable bonds is 7. The summed E-state index contributed by atoms with van der Waals surface area (Å²) in [6.45, 7) is 2.61. The summed E-state index contributed by atoms with van der Waals surface area (Å²) in [5.41, 5.74) is 8.29. The molecule has 0 aromatic heterocycles. The molecule has 3 nitrogen and oxygen atoms in total. The van der Waals surface area contributed by atoms with E-state index in [0.29, 0.717) is 6.61 Å². The number of methoxy groups -OCH3 is 1. The molecule has 0 spiro atoms. The van der Waals surface area contributed by atoms with Gasteiger partial charge in [-0.05, 0) is 37.5 Å². The van der Waals surface area contributed by atoms with Crippen LogP contribution >= 0.6 is 0 Å². The van der Waals surface area contributed by atoms with E-state index in [-0.39, 0.29) is 6.04 Å². The molecule has 3 heteroatoms. The van der Waals surface area contributed by atoms with Crippen LogP contribution in [-0.4, -0.2) is 13.7 Å². The topological polar surface area (TPSA) is 44.5 Å². The van der Waals surface area contributed by atoms with E-state index in [4.69, 9.17) is 15.2 Å². The second kappa shape index (κ2) is 7.70. The van der Waals surface area contributed by atoms with Crippen LogP contribution < -0.4 is 15.2 Å². The summed E-state index contributed by atoms with van der Waals surface area (Å²) in [7, 11) is 1.65. The standard InChI is InChI=1S/C18H23NO2/c1-14(19)18-16(20-2)11-6-12-17(18)21-13-7-10-15-8-4-3-5-9-15/h3-6,8-9,11-12,14H,7,10,13,19H2,1-2H3/t14-/m0/s1. The zero-order valence-electron chi connectivity index (χ0n) is 12.7. The van der Waals surface area contributed by atoms with Crippen LogP contribution in [0.15, 0.2) is 48.5 Å². The molecule has 0 radical (unpaired) electrons. The number of ether oxygens (including phenoxy) is 2. The largest absolute Gasteiger partial charge is 0.496 e. The number of hydrogen-bond donors (Lipinski definition) is 1. The molecule has 2 aromatic rings. The van der Waals surface area contributed by atoms with Gasteiger partial charge in [0.05, 0.1) is 19.3 Å². The van der Waals surface area contributed by atoms with Crippen LogP contribution in [0, 0.1) is 0 Å². The van der Waals surface area contributed by atoms with Gasteiger partial charge < -0.3 is 15.2 Å². The maximum atomic E-state index is 6.03. The number of benzene rings is 2. The van der Waals surface area contributed by atoms with Crippen LogP contribution in [0.25, 0.3) is 0 Å². The Hall–Kier alpha value is -2.00. The van der Waals surface area contributed by atoms with E-state index < -0.39 is 0 Å². The lowest BCUT2D eigenvalue weighted by Crippen LogP contribution is -2.10. The van der Waals surface area contributed by atoms with E-state index >= 15 is 0 Å². The lowest BCUT2D eigenvalue weighted by Gasteiger charge is -2.17. The molecule has 0 aliphatic carbocycles.